The van der Waals surface area contributed by atoms with E-state index in [-0.39, 0.29) is 0 Å². The zero-order chi connectivity index (χ0) is 6.41. The number of hydrogen-bond donors (Lipinski definition) is 0. The normalized spacial score (nSPS) is 11.6. The van der Waals surface area contributed by atoms with Gasteiger partial charge in [-0.1, -0.05) is 5.16 Å². The van der Waals surface area contributed by atoms with E-state index in [0.29, 0.717) is 6.61 Å². The average molecular weight is 114 g/mol. The maximum absolute atomic E-state index is 4.73. The number of oxime groups is 1. The first-order valence-corrected chi connectivity index (χ1v) is 2.76. The van der Waals surface area contributed by atoms with E-state index in [1.807, 2.05) is 13.8 Å². The smallest absolute Gasteiger partial charge is 0.114 e. The molecule has 0 atom stereocenters. The molecule has 0 aliphatic rings. The number of rotatable bonds is 3. The second-order valence-corrected chi connectivity index (χ2v) is 1.49. The lowest BCUT2D eigenvalue weighted by Gasteiger charge is -1.93. The molecule has 0 saturated carbocycles. The van der Waals surface area contributed by atoms with Crippen LogP contribution in [0.15, 0.2) is 5.16 Å². The standard InChI is InChI=1S/C6H12NO/c1-4-6(3)7-8-5-2/h1,4-5H2,2-3H3. The Morgan fingerprint density at radius 2 is 2.38 bits per heavy atom. The zero-order valence-electron chi connectivity index (χ0n) is 5.48. The summed E-state index contributed by atoms with van der Waals surface area (Å²) in [6.07, 6.45) is 0.722. The van der Waals surface area contributed by atoms with Crippen molar-refractivity contribution in [1.29, 1.82) is 0 Å². The first kappa shape index (κ1) is 7.47. The molecule has 0 heterocycles. The van der Waals surface area contributed by atoms with Gasteiger partial charge in [0.2, 0.25) is 0 Å². The maximum Gasteiger partial charge on any atom is 0.114 e. The summed E-state index contributed by atoms with van der Waals surface area (Å²) in [6.45, 7) is 8.06. The second-order valence-electron chi connectivity index (χ2n) is 1.49. The summed E-state index contributed by atoms with van der Waals surface area (Å²) in [6, 6.07) is 0. The summed E-state index contributed by atoms with van der Waals surface area (Å²) in [5.74, 6) is 0. The minimum atomic E-state index is 0.636. The maximum atomic E-state index is 4.73. The van der Waals surface area contributed by atoms with Crippen molar-refractivity contribution in [3.63, 3.8) is 0 Å². The van der Waals surface area contributed by atoms with E-state index in [1.54, 1.807) is 0 Å². The van der Waals surface area contributed by atoms with Crippen LogP contribution in [0.2, 0.25) is 0 Å². The van der Waals surface area contributed by atoms with Gasteiger partial charge >= 0.3 is 0 Å². The van der Waals surface area contributed by atoms with Crippen LogP contribution >= 0.6 is 0 Å². The Kier molecular flexibility index (Phi) is 4.32. The van der Waals surface area contributed by atoms with Gasteiger partial charge in [-0.25, -0.2) is 0 Å². The molecule has 0 bridgehead atoms. The minimum Gasteiger partial charge on any atom is -0.396 e. The van der Waals surface area contributed by atoms with Crippen LogP contribution in [0.25, 0.3) is 0 Å². The Bertz CT molecular complexity index is 78.6. The van der Waals surface area contributed by atoms with Crippen LogP contribution in [0.4, 0.5) is 0 Å². The third-order valence-electron chi connectivity index (χ3n) is 0.711. The molecule has 0 unspecified atom stereocenters. The van der Waals surface area contributed by atoms with Crippen molar-refractivity contribution in [2.75, 3.05) is 6.61 Å². The molecule has 0 fully saturated rings. The van der Waals surface area contributed by atoms with Gasteiger partial charge in [0.05, 0.1) is 5.71 Å². The Morgan fingerprint density at radius 1 is 1.75 bits per heavy atom. The summed E-state index contributed by atoms with van der Waals surface area (Å²) < 4.78 is 0. The molecule has 0 rings (SSSR count). The van der Waals surface area contributed by atoms with Crippen LogP contribution in [0.3, 0.4) is 0 Å². The first-order chi connectivity index (χ1) is 3.81. The molecule has 0 aromatic carbocycles. The average Bonchev–Trinajstić information content (AvgIpc) is 1.83. The first-order valence-electron chi connectivity index (χ1n) is 2.76. The monoisotopic (exact) mass is 114 g/mol. The van der Waals surface area contributed by atoms with Crippen molar-refractivity contribution in [3.05, 3.63) is 6.92 Å². The van der Waals surface area contributed by atoms with E-state index in [9.17, 15) is 0 Å². The largest absolute Gasteiger partial charge is 0.396 e. The molecule has 1 radical (unpaired) electrons. The highest BCUT2D eigenvalue weighted by Gasteiger charge is 1.81. The van der Waals surface area contributed by atoms with Gasteiger partial charge in [0.15, 0.2) is 0 Å². The van der Waals surface area contributed by atoms with E-state index in [4.69, 9.17) is 4.84 Å². The third kappa shape index (κ3) is 3.65. The van der Waals surface area contributed by atoms with Gasteiger partial charge in [0.25, 0.3) is 0 Å². The second kappa shape index (κ2) is 4.62. The van der Waals surface area contributed by atoms with Gasteiger partial charge in [-0.3, -0.25) is 0 Å². The van der Waals surface area contributed by atoms with Gasteiger partial charge < -0.3 is 4.84 Å². The van der Waals surface area contributed by atoms with E-state index < -0.39 is 0 Å². The van der Waals surface area contributed by atoms with Crippen molar-refractivity contribution in [1.82, 2.24) is 0 Å². The fourth-order valence-electron chi connectivity index (χ4n) is 0.220. The molecule has 0 amide bonds. The lowest BCUT2D eigenvalue weighted by molar-refractivity contribution is 0.158. The molecule has 47 valence electrons. The molecule has 0 aliphatic heterocycles. The summed E-state index contributed by atoms with van der Waals surface area (Å²) in [5, 5.41) is 3.72. The molecule has 2 nitrogen and oxygen atoms in total. The summed E-state index contributed by atoms with van der Waals surface area (Å²) >= 11 is 0. The molecule has 0 spiro atoms. The number of hydrogen-bond acceptors (Lipinski definition) is 2. The molecular weight excluding hydrogens is 102 g/mol. The quantitative estimate of drug-likeness (QED) is 0.403. The van der Waals surface area contributed by atoms with Crippen molar-refractivity contribution in [2.24, 2.45) is 5.16 Å². The Hall–Kier alpha value is -0.530. The number of nitrogens with zero attached hydrogens (tertiary/aromatic N) is 1. The SMILES string of the molecule is [CH2]CC(C)=NOCC. The van der Waals surface area contributed by atoms with Crippen molar-refractivity contribution < 1.29 is 4.84 Å². The van der Waals surface area contributed by atoms with Crippen LogP contribution in [-0.4, -0.2) is 12.3 Å². The van der Waals surface area contributed by atoms with Crippen molar-refractivity contribution in [2.45, 2.75) is 20.3 Å². The Labute approximate surface area is 50.5 Å². The highest BCUT2D eigenvalue weighted by atomic mass is 16.6. The van der Waals surface area contributed by atoms with Crippen LogP contribution in [0, 0.1) is 6.92 Å². The molecule has 0 aromatic heterocycles. The van der Waals surface area contributed by atoms with Crippen molar-refractivity contribution >= 4 is 5.71 Å². The lowest BCUT2D eigenvalue weighted by Crippen LogP contribution is -1.89. The molecule has 2 heteroatoms. The highest BCUT2D eigenvalue weighted by molar-refractivity contribution is 5.81. The fraction of sp³-hybridized carbons (Fsp3) is 0.667. The molecule has 0 aromatic rings. The fourth-order valence-corrected chi connectivity index (χ4v) is 0.220. The summed E-state index contributed by atoms with van der Waals surface area (Å²) in [5.41, 5.74) is 0.937. The predicted molar refractivity (Wildman–Crippen MR) is 34.7 cm³/mol. The summed E-state index contributed by atoms with van der Waals surface area (Å²) in [7, 11) is 0. The van der Waals surface area contributed by atoms with Gasteiger partial charge in [-0.15, -0.1) is 0 Å². The van der Waals surface area contributed by atoms with E-state index in [0.717, 1.165) is 12.1 Å². The molecule has 8 heavy (non-hydrogen) atoms. The van der Waals surface area contributed by atoms with Crippen LogP contribution in [0.1, 0.15) is 20.3 Å². The molecular formula is C6H12NO. The minimum absolute atomic E-state index is 0.636. The van der Waals surface area contributed by atoms with Crippen LogP contribution in [-0.2, 0) is 4.84 Å². The van der Waals surface area contributed by atoms with Gasteiger partial charge in [0, 0.05) is 0 Å². The predicted octanol–water partition coefficient (Wildman–Crippen LogP) is 1.62. The van der Waals surface area contributed by atoms with Gasteiger partial charge in [-0.2, -0.15) is 0 Å². The topological polar surface area (TPSA) is 21.6 Å². The van der Waals surface area contributed by atoms with E-state index in [1.165, 1.54) is 0 Å². The molecule has 0 N–H and O–H groups in total. The van der Waals surface area contributed by atoms with E-state index >= 15 is 0 Å². The molecule has 0 saturated heterocycles. The zero-order valence-corrected chi connectivity index (χ0v) is 5.48. The van der Waals surface area contributed by atoms with Crippen molar-refractivity contribution in [3.8, 4) is 0 Å². The highest BCUT2D eigenvalue weighted by Crippen LogP contribution is 1.83. The van der Waals surface area contributed by atoms with Crippen LogP contribution in [0.5, 0.6) is 0 Å². The Morgan fingerprint density at radius 3 is 2.75 bits per heavy atom. The van der Waals surface area contributed by atoms with Crippen LogP contribution < -0.4 is 0 Å². The van der Waals surface area contributed by atoms with E-state index in [2.05, 4.69) is 12.1 Å². The van der Waals surface area contributed by atoms with Gasteiger partial charge in [0.1, 0.15) is 6.61 Å². The Balaban J connectivity index is 3.26. The van der Waals surface area contributed by atoms with Gasteiger partial charge in [-0.05, 0) is 27.2 Å². The molecule has 0 aliphatic carbocycles. The third-order valence-corrected chi connectivity index (χ3v) is 0.711. The summed E-state index contributed by atoms with van der Waals surface area (Å²) in [4.78, 5) is 4.73. The lowest BCUT2D eigenvalue weighted by atomic mass is 10.3.